The van der Waals surface area contributed by atoms with Crippen molar-refractivity contribution in [2.75, 3.05) is 13.0 Å². The summed E-state index contributed by atoms with van der Waals surface area (Å²) in [5.74, 6) is 8.22. The minimum Gasteiger partial charge on any atom is -0.497 e. The van der Waals surface area contributed by atoms with Gasteiger partial charge in [-0.1, -0.05) is 36.0 Å². The van der Waals surface area contributed by atoms with Crippen molar-refractivity contribution in [1.82, 2.24) is 24.8 Å². The third kappa shape index (κ3) is 3.95. The number of aromatic amines is 1. The van der Waals surface area contributed by atoms with Crippen molar-refractivity contribution in [3.05, 3.63) is 76.1 Å². The maximum Gasteiger partial charge on any atom is 0.258 e. The van der Waals surface area contributed by atoms with E-state index >= 15 is 0 Å². The lowest BCUT2D eigenvalue weighted by molar-refractivity contribution is 0.414. The van der Waals surface area contributed by atoms with Gasteiger partial charge in [-0.05, 0) is 36.8 Å². The Balaban J connectivity index is 1.53. The second-order valence-electron chi connectivity index (χ2n) is 6.52. The van der Waals surface area contributed by atoms with Gasteiger partial charge >= 0.3 is 0 Å². The third-order valence-electron chi connectivity index (χ3n) is 4.55. The fraction of sp³-hybridized carbons (Fsp3) is 0.200. The van der Waals surface area contributed by atoms with Gasteiger partial charge in [-0.15, -0.1) is 10.2 Å². The number of hydrogen-bond donors (Lipinski definition) is 2. The molecule has 0 bridgehead atoms. The molecule has 0 amide bonds. The molecule has 0 aliphatic rings. The van der Waals surface area contributed by atoms with Crippen molar-refractivity contribution >= 4 is 22.7 Å². The Labute approximate surface area is 171 Å². The molecule has 0 fully saturated rings. The monoisotopic (exact) mass is 408 g/mol. The van der Waals surface area contributed by atoms with E-state index in [1.165, 1.54) is 16.4 Å². The summed E-state index contributed by atoms with van der Waals surface area (Å²) >= 11 is 1.39. The number of nitrogens with one attached hydrogen (secondary N) is 1. The van der Waals surface area contributed by atoms with Gasteiger partial charge in [0.2, 0.25) is 5.16 Å². The maximum absolute atomic E-state index is 12.3. The second kappa shape index (κ2) is 7.96. The molecule has 148 valence electrons. The van der Waals surface area contributed by atoms with Crippen LogP contribution in [-0.4, -0.2) is 32.0 Å². The fourth-order valence-corrected chi connectivity index (χ4v) is 3.79. The zero-order valence-electron chi connectivity index (χ0n) is 16.0. The van der Waals surface area contributed by atoms with E-state index in [9.17, 15) is 4.79 Å². The van der Waals surface area contributed by atoms with Gasteiger partial charge in [0.1, 0.15) is 11.6 Å². The molecule has 1 unspecified atom stereocenters. The Hall–Kier alpha value is -3.33. The van der Waals surface area contributed by atoms with Gasteiger partial charge in [0.25, 0.3) is 5.56 Å². The number of aromatic nitrogens is 5. The molecule has 0 saturated heterocycles. The zero-order chi connectivity index (χ0) is 20.4. The van der Waals surface area contributed by atoms with E-state index in [2.05, 4.69) is 20.2 Å². The topological polar surface area (TPSA) is 112 Å². The first-order valence-electron chi connectivity index (χ1n) is 9.03. The van der Waals surface area contributed by atoms with Gasteiger partial charge in [0, 0.05) is 6.42 Å². The van der Waals surface area contributed by atoms with Crippen molar-refractivity contribution in [1.29, 1.82) is 0 Å². The predicted octanol–water partition coefficient (Wildman–Crippen LogP) is 2.68. The second-order valence-corrected chi connectivity index (χ2v) is 7.83. The van der Waals surface area contributed by atoms with Gasteiger partial charge in [0.15, 0.2) is 5.82 Å². The quantitative estimate of drug-likeness (QED) is 0.373. The van der Waals surface area contributed by atoms with E-state index in [0.29, 0.717) is 34.1 Å². The Kier molecular flexibility index (Phi) is 5.22. The number of nitrogen functional groups attached to an aromatic ring is 1. The molecule has 29 heavy (non-hydrogen) atoms. The number of fused-ring (bicyclic) bond motifs is 1. The molecule has 2 aromatic heterocycles. The highest BCUT2D eigenvalue weighted by molar-refractivity contribution is 7.99. The van der Waals surface area contributed by atoms with E-state index in [1.807, 2.05) is 49.4 Å². The first kappa shape index (κ1) is 19.0. The number of para-hydroxylation sites is 1. The first-order chi connectivity index (χ1) is 14.0. The molecule has 0 aliphatic heterocycles. The number of methoxy groups -OCH3 is 1. The summed E-state index contributed by atoms with van der Waals surface area (Å²) in [6.07, 6.45) is 0.549. The molecule has 0 saturated carbocycles. The van der Waals surface area contributed by atoms with Gasteiger partial charge in [-0.2, -0.15) is 0 Å². The minimum absolute atomic E-state index is 0.160. The van der Waals surface area contributed by atoms with Gasteiger partial charge in [0.05, 0.1) is 23.3 Å². The van der Waals surface area contributed by atoms with Gasteiger partial charge in [-0.25, -0.2) is 9.66 Å². The highest BCUT2D eigenvalue weighted by Gasteiger charge is 2.18. The molecule has 2 aromatic carbocycles. The molecule has 2 heterocycles. The van der Waals surface area contributed by atoms with Crippen molar-refractivity contribution in [2.45, 2.75) is 23.8 Å². The van der Waals surface area contributed by atoms with Crippen molar-refractivity contribution in [3.63, 3.8) is 0 Å². The van der Waals surface area contributed by atoms with Crippen LogP contribution in [0.1, 0.15) is 29.4 Å². The molecule has 8 nitrogen and oxygen atoms in total. The Morgan fingerprint density at radius 2 is 1.93 bits per heavy atom. The molecule has 0 spiro atoms. The molecule has 3 N–H and O–H groups in total. The largest absolute Gasteiger partial charge is 0.497 e. The molecule has 9 heteroatoms. The number of benzene rings is 2. The highest BCUT2D eigenvalue weighted by Crippen LogP contribution is 2.31. The number of hydrogen-bond acceptors (Lipinski definition) is 7. The maximum atomic E-state index is 12.3. The first-order valence-corrected chi connectivity index (χ1v) is 9.91. The average Bonchev–Trinajstić information content (AvgIpc) is 3.08. The normalized spacial score (nSPS) is 12.2. The van der Waals surface area contributed by atoms with Crippen molar-refractivity contribution < 1.29 is 4.74 Å². The Morgan fingerprint density at radius 1 is 1.17 bits per heavy atom. The van der Waals surface area contributed by atoms with Crippen LogP contribution in [0.5, 0.6) is 5.75 Å². The highest BCUT2D eigenvalue weighted by atomic mass is 32.2. The molecule has 4 aromatic rings. The number of rotatable bonds is 6. The summed E-state index contributed by atoms with van der Waals surface area (Å²) in [4.78, 5) is 19.7. The van der Waals surface area contributed by atoms with E-state index in [-0.39, 0.29) is 10.8 Å². The summed E-state index contributed by atoms with van der Waals surface area (Å²) in [6.45, 7) is 1.94. The van der Waals surface area contributed by atoms with Crippen LogP contribution in [0.4, 0.5) is 0 Å². The smallest absolute Gasteiger partial charge is 0.258 e. The van der Waals surface area contributed by atoms with Crippen LogP contribution in [0, 0.1) is 0 Å². The van der Waals surface area contributed by atoms with Crippen LogP contribution in [-0.2, 0) is 6.42 Å². The van der Waals surface area contributed by atoms with Gasteiger partial charge < -0.3 is 15.6 Å². The molecule has 0 radical (unpaired) electrons. The van der Waals surface area contributed by atoms with E-state index in [4.69, 9.17) is 10.6 Å². The van der Waals surface area contributed by atoms with Gasteiger partial charge in [-0.3, -0.25) is 4.79 Å². The lowest BCUT2D eigenvalue weighted by atomic mass is 10.1. The van der Waals surface area contributed by atoms with E-state index in [0.717, 1.165) is 11.3 Å². The Morgan fingerprint density at radius 3 is 2.69 bits per heavy atom. The number of nitrogens with two attached hydrogens (primary N) is 1. The number of H-pyrrole nitrogens is 1. The lowest BCUT2D eigenvalue weighted by Crippen LogP contribution is -2.16. The van der Waals surface area contributed by atoms with Crippen molar-refractivity contribution in [3.8, 4) is 5.75 Å². The van der Waals surface area contributed by atoms with Crippen LogP contribution < -0.4 is 16.1 Å². The SMILES string of the molecule is COc1ccc(Cc2nnc(SC(C)c3nc4ccccc4c(=O)[nH]3)n2N)cc1. The molecule has 1 atom stereocenters. The summed E-state index contributed by atoms with van der Waals surface area (Å²) in [5, 5.41) is 9.37. The summed E-state index contributed by atoms with van der Waals surface area (Å²) in [5.41, 5.74) is 1.55. The molecular weight excluding hydrogens is 388 g/mol. The number of ether oxygens (including phenoxy) is 1. The third-order valence-corrected chi connectivity index (χ3v) is 5.62. The fourth-order valence-electron chi connectivity index (χ4n) is 2.95. The molecular formula is C20H20N6O2S. The lowest BCUT2D eigenvalue weighted by Gasteiger charge is -2.11. The average molecular weight is 408 g/mol. The number of thioether (sulfide) groups is 1. The standard InChI is InChI=1S/C20H20N6O2S/c1-12(18-22-16-6-4-3-5-15(16)19(27)23-18)29-20-25-24-17(26(20)21)11-13-7-9-14(28-2)10-8-13/h3-10,12H,11,21H2,1-2H3,(H,22,23,27). The van der Waals surface area contributed by atoms with Crippen LogP contribution in [0.15, 0.2) is 58.5 Å². The zero-order valence-corrected chi connectivity index (χ0v) is 16.8. The minimum atomic E-state index is -0.160. The summed E-state index contributed by atoms with van der Waals surface area (Å²) in [6, 6.07) is 15.0. The van der Waals surface area contributed by atoms with Crippen LogP contribution in [0.3, 0.4) is 0 Å². The van der Waals surface area contributed by atoms with Crippen molar-refractivity contribution in [2.24, 2.45) is 0 Å². The van der Waals surface area contributed by atoms with E-state index in [1.54, 1.807) is 13.2 Å². The molecule has 4 rings (SSSR count). The van der Waals surface area contributed by atoms with Crippen LogP contribution in [0.2, 0.25) is 0 Å². The number of nitrogens with zero attached hydrogens (tertiary/aromatic N) is 4. The summed E-state index contributed by atoms with van der Waals surface area (Å²) < 4.78 is 6.65. The predicted molar refractivity (Wildman–Crippen MR) is 113 cm³/mol. The van der Waals surface area contributed by atoms with Crippen LogP contribution >= 0.6 is 11.8 Å². The molecule has 0 aliphatic carbocycles. The summed E-state index contributed by atoms with van der Waals surface area (Å²) in [7, 11) is 1.63. The van der Waals surface area contributed by atoms with Crippen LogP contribution in [0.25, 0.3) is 10.9 Å². The Bertz CT molecular complexity index is 1200. The van der Waals surface area contributed by atoms with E-state index < -0.39 is 0 Å².